The largest absolute Gasteiger partial charge is 0.461 e. The highest BCUT2D eigenvalue weighted by atomic mass is 16.6. The third-order valence-electron chi connectivity index (χ3n) is 3.39. The maximum absolute atomic E-state index is 11.5. The minimum atomic E-state index is -0.216. The fourth-order valence-corrected chi connectivity index (χ4v) is 2.46. The van der Waals surface area contributed by atoms with Crippen molar-refractivity contribution in [2.24, 2.45) is 11.3 Å². The zero-order valence-corrected chi connectivity index (χ0v) is 7.88. The lowest BCUT2D eigenvalue weighted by molar-refractivity contribution is -0.142. The molecule has 0 unspecified atom stereocenters. The Morgan fingerprint density at radius 2 is 2.38 bits per heavy atom. The van der Waals surface area contributed by atoms with Crippen molar-refractivity contribution in [3.8, 4) is 0 Å². The molecule has 0 aromatic rings. The summed E-state index contributed by atoms with van der Waals surface area (Å²) in [6, 6.07) is 0. The Labute approximate surface area is 78.3 Å². The summed E-state index contributed by atoms with van der Waals surface area (Å²) in [7, 11) is 0. The first kappa shape index (κ1) is 8.54. The monoisotopic (exact) mass is 178 g/mol. The number of fused-ring (bicyclic) bond motifs is 2. The summed E-state index contributed by atoms with van der Waals surface area (Å²) >= 11 is 0. The van der Waals surface area contributed by atoms with Crippen LogP contribution in [0.1, 0.15) is 19.8 Å². The Bertz CT molecular complexity index is 284. The first-order chi connectivity index (χ1) is 6.09. The minimum Gasteiger partial charge on any atom is -0.461 e. The number of carbonyl (C=O) groups excluding carboxylic acids is 1. The fraction of sp³-hybridized carbons (Fsp3) is 0.545. The lowest BCUT2D eigenvalue weighted by Gasteiger charge is -2.34. The maximum Gasteiger partial charge on any atom is 0.314 e. The standard InChI is InChI=1S/C11H14O2/c1-4-11(3)8-6-5-7(2)9(11)10(12)13-8/h4,8-9H,1-2,5-6H2,3H3/t8-,9-,11+/m0/s1. The van der Waals surface area contributed by atoms with Crippen LogP contribution in [-0.4, -0.2) is 12.1 Å². The Balaban J connectivity index is 2.46. The van der Waals surface area contributed by atoms with Crippen molar-refractivity contribution in [3.05, 3.63) is 24.8 Å². The number of ether oxygens (including phenoxy) is 1. The highest BCUT2D eigenvalue weighted by Crippen LogP contribution is 2.51. The molecule has 2 aliphatic rings. The van der Waals surface area contributed by atoms with Gasteiger partial charge in [0, 0.05) is 5.41 Å². The van der Waals surface area contributed by atoms with Crippen molar-refractivity contribution in [2.45, 2.75) is 25.9 Å². The van der Waals surface area contributed by atoms with Crippen molar-refractivity contribution in [1.82, 2.24) is 0 Å². The molecule has 0 N–H and O–H groups in total. The highest BCUT2D eigenvalue weighted by molar-refractivity contribution is 5.80. The molecule has 1 saturated carbocycles. The van der Waals surface area contributed by atoms with E-state index in [9.17, 15) is 4.79 Å². The van der Waals surface area contributed by atoms with E-state index in [0.717, 1.165) is 18.4 Å². The average Bonchev–Trinajstić information content (AvgIpc) is 2.23. The number of hydrogen-bond donors (Lipinski definition) is 0. The molecule has 1 aliphatic heterocycles. The van der Waals surface area contributed by atoms with Gasteiger partial charge in [0.2, 0.25) is 0 Å². The van der Waals surface area contributed by atoms with Gasteiger partial charge < -0.3 is 4.74 Å². The van der Waals surface area contributed by atoms with Crippen LogP contribution in [0.3, 0.4) is 0 Å². The van der Waals surface area contributed by atoms with Crippen molar-refractivity contribution < 1.29 is 9.53 Å². The third-order valence-corrected chi connectivity index (χ3v) is 3.39. The third kappa shape index (κ3) is 0.916. The van der Waals surface area contributed by atoms with Gasteiger partial charge in [0.05, 0.1) is 5.92 Å². The van der Waals surface area contributed by atoms with E-state index in [4.69, 9.17) is 4.74 Å². The van der Waals surface area contributed by atoms with Crippen LogP contribution in [0, 0.1) is 11.3 Å². The van der Waals surface area contributed by atoms with Crippen LogP contribution in [-0.2, 0) is 9.53 Å². The van der Waals surface area contributed by atoms with E-state index in [0.29, 0.717) is 0 Å². The molecular weight excluding hydrogens is 164 g/mol. The summed E-state index contributed by atoms with van der Waals surface area (Å²) in [5.41, 5.74) is 0.785. The number of rotatable bonds is 1. The van der Waals surface area contributed by atoms with Crippen LogP contribution < -0.4 is 0 Å². The molecule has 1 aliphatic carbocycles. The SMILES string of the molecule is C=C[C@@]1(C)[C@H]2C(=C)CC[C@@H]1OC2=O. The van der Waals surface area contributed by atoms with Gasteiger partial charge in [-0.15, -0.1) is 6.58 Å². The summed E-state index contributed by atoms with van der Waals surface area (Å²) in [6.45, 7) is 9.76. The lowest BCUT2D eigenvalue weighted by atomic mass is 9.66. The molecule has 0 radical (unpaired) electrons. The average molecular weight is 178 g/mol. The van der Waals surface area contributed by atoms with E-state index in [1.165, 1.54) is 0 Å². The van der Waals surface area contributed by atoms with Gasteiger partial charge in [-0.3, -0.25) is 4.79 Å². The van der Waals surface area contributed by atoms with Crippen molar-refractivity contribution in [3.63, 3.8) is 0 Å². The first-order valence-electron chi connectivity index (χ1n) is 4.61. The first-order valence-corrected chi connectivity index (χ1v) is 4.61. The molecule has 2 nitrogen and oxygen atoms in total. The van der Waals surface area contributed by atoms with Gasteiger partial charge in [0.25, 0.3) is 0 Å². The summed E-state index contributed by atoms with van der Waals surface area (Å²) in [4.78, 5) is 11.5. The smallest absolute Gasteiger partial charge is 0.314 e. The molecule has 3 atom stereocenters. The predicted octanol–water partition coefficient (Wildman–Crippen LogP) is 2.07. The minimum absolute atomic E-state index is 0.0213. The zero-order valence-electron chi connectivity index (χ0n) is 7.88. The Kier molecular flexibility index (Phi) is 1.62. The molecule has 1 saturated heterocycles. The van der Waals surface area contributed by atoms with Crippen LogP contribution in [0.25, 0.3) is 0 Å². The molecule has 0 aromatic carbocycles. The van der Waals surface area contributed by atoms with Crippen molar-refractivity contribution >= 4 is 5.97 Å². The molecule has 0 aromatic heterocycles. The molecule has 2 fully saturated rings. The summed E-state index contributed by atoms with van der Waals surface area (Å²) in [5, 5.41) is 0. The van der Waals surface area contributed by atoms with Crippen LogP contribution in [0.5, 0.6) is 0 Å². The van der Waals surface area contributed by atoms with Gasteiger partial charge in [-0.1, -0.05) is 25.2 Å². The number of carbonyl (C=O) groups is 1. The topological polar surface area (TPSA) is 26.3 Å². The fourth-order valence-electron chi connectivity index (χ4n) is 2.46. The highest BCUT2D eigenvalue weighted by Gasteiger charge is 2.55. The second kappa shape index (κ2) is 2.47. The summed E-state index contributed by atoms with van der Waals surface area (Å²) in [5.74, 6) is -0.265. The van der Waals surface area contributed by atoms with E-state index in [1.54, 1.807) is 0 Å². The number of esters is 1. The van der Waals surface area contributed by atoms with Crippen molar-refractivity contribution in [1.29, 1.82) is 0 Å². The molecule has 1 heterocycles. The maximum atomic E-state index is 11.5. The Morgan fingerprint density at radius 3 is 2.92 bits per heavy atom. The Hall–Kier alpha value is -1.05. The molecule has 0 spiro atoms. The quantitative estimate of drug-likeness (QED) is 0.454. The normalized spacial score (nSPS) is 43.2. The van der Waals surface area contributed by atoms with Gasteiger partial charge in [-0.05, 0) is 12.8 Å². The van der Waals surface area contributed by atoms with Gasteiger partial charge in [-0.25, -0.2) is 0 Å². The molecule has 70 valence electrons. The van der Waals surface area contributed by atoms with Crippen LogP contribution in [0.4, 0.5) is 0 Å². The van der Waals surface area contributed by atoms with Gasteiger partial charge >= 0.3 is 5.97 Å². The van der Waals surface area contributed by atoms with Gasteiger partial charge in [0.1, 0.15) is 6.10 Å². The summed E-state index contributed by atoms with van der Waals surface area (Å²) in [6.07, 6.45) is 3.67. The molecule has 2 rings (SSSR count). The zero-order chi connectivity index (χ0) is 9.64. The molecular formula is C11H14O2. The van der Waals surface area contributed by atoms with E-state index in [2.05, 4.69) is 13.2 Å². The molecule has 2 bridgehead atoms. The van der Waals surface area contributed by atoms with Gasteiger partial charge in [0.15, 0.2) is 0 Å². The van der Waals surface area contributed by atoms with Crippen LogP contribution in [0.15, 0.2) is 24.8 Å². The molecule has 0 amide bonds. The van der Waals surface area contributed by atoms with Gasteiger partial charge in [-0.2, -0.15) is 0 Å². The van der Waals surface area contributed by atoms with E-state index in [1.807, 2.05) is 13.0 Å². The predicted molar refractivity (Wildman–Crippen MR) is 50.0 cm³/mol. The second-order valence-electron chi connectivity index (χ2n) is 4.13. The van der Waals surface area contributed by atoms with E-state index < -0.39 is 0 Å². The molecule has 13 heavy (non-hydrogen) atoms. The van der Waals surface area contributed by atoms with E-state index >= 15 is 0 Å². The number of hydrogen-bond acceptors (Lipinski definition) is 2. The van der Waals surface area contributed by atoms with Crippen LogP contribution in [0.2, 0.25) is 0 Å². The molecule has 2 heteroatoms. The second-order valence-corrected chi connectivity index (χ2v) is 4.13. The summed E-state index contributed by atoms with van der Waals surface area (Å²) < 4.78 is 5.29. The Morgan fingerprint density at radius 1 is 1.69 bits per heavy atom. The van der Waals surface area contributed by atoms with E-state index in [-0.39, 0.29) is 23.4 Å². The van der Waals surface area contributed by atoms with Crippen LogP contribution >= 0.6 is 0 Å². The lowest BCUT2D eigenvalue weighted by Crippen LogP contribution is -2.36. The van der Waals surface area contributed by atoms with Crippen molar-refractivity contribution in [2.75, 3.05) is 0 Å².